The van der Waals surface area contributed by atoms with Crippen molar-refractivity contribution >= 4 is 9.84 Å². The number of fused-ring (bicyclic) bond motifs is 1. The fourth-order valence-corrected chi connectivity index (χ4v) is 6.17. The summed E-state index contributed by atoms with van der Waals surface area (Å²) in [6.07, 6.45) is 2.59. The largest absolute Gasteiger partial charge is 0.296 e. The lowest BCUT2D eigenvalue weighted by atomic mass is 10.0. The van der Waals surface area contributed by atoms with Gasteiger partial charge >= 0.3 is 0 Å². The molecule has 6 heteroatoms. The Bertz CT molecular complexity index is 767. The molecule has 1 aromatic rings. The van der Waals surface area contributed by atoms with Crippen molar-refractivity contribution in [3.8, 4) is 6.07 Å². The molecular formula is C18H23N3O2S. The van der Waals surface area contributed by atoms with Crippen LogP contribution in [-0.4, -0.2) is 61.4 Å². The first-order valence-corrected chi connectivity index (χ1v) is 10.5. The Morgan fingerprint density at radius 1 is 1.12 bits per heavy atom. The molecular weight excluding hydrogens is 322 g/mol. The Balaban J connectivity index is 1.52. The van der Waals surface area contributed by atoms with Crippen LogP contribution in [0, 0.1) is 17.2 Å². The molecule has 1 saturated carbocycles. The highest BCUT2D eigenvalue weighted by atomic mass is 32.2. The summed E-state index contributed by atoms with van der Waals surface area (Å²) in [6, 6.07) is 10.1. The molecule has 4 rings (SSSR count). The van der Waals surface area contributed by atoms with Gasteiger partial charge in [-0.05, 0) is 36.5 Å². The van der Waals surface area contributed by atoms with Crippen molar-refractivity contribution in [2.75, 3.05) is 31.1 Å². The van der Waals surface area contributed by atoms with E-state index in [2.05, 4.69) is 15.9 Å². The van der Waals surface area contributed by atoms with Crippen LogP contribution in [0.2, 0.25) is 0 Å². The molecule has 1 aromatic carbocycles. The minimum atomic E-state index is -2.95. The van der Waals surface area contributed by atoms with Gasteiger partial charge < -0.3 is 0 Å². The Kier molecular flexibility index (Phi) is 4.11. The summed E-state index contributed by atoms with van der Waals surface area (Å²) >= 11 is 0. The minimum Gasteiger partial charge on any atom is -0.296 e. The van der Waals surface area contributed by atoms with E-state index in [1.807, 2.05) is 18.2 Å². The van der Waals surface area contributed by atoms with Crippen LogP contribution in [-0.2, 0) is 16.4 Å². The Labute approximate surface area is 143 Å². The summed E-state index contributed by atoms with van der Waals surface area (Å²) in [5.74, 6) is 1.36. The van der Waals surface area contributed by atoms with Gasteiger partial charge in [0.25, 0.3) is 0 Å². The van der Waals surface area contributed by atoms with Crippen molar-refractivity contribution in [3.05, 3.63) is 35.4 Å². The quantitative estimate of drug-likeness (QED) is 0.822. The van der Waals surface area contributed by atoms with Crippen molar-refractivity contribution in [2.45, 2.75) is 31.5 Å². The maximum absolute atomic E-state index is 12.2. The lowest BCUT2D eigenvalue weighted by Crippen LogP contribution is -2.59. The molecule has 0 aromatic heterocycles. The first-order chi connectivity index (χ1) is 11.5. The van der Waals surface area contributed by atoms with Crippen LogP contribution >= 0.6 is 0 Å². The molecule has 2 saturated heterocycles. The van der Waals surface area contributed by atoms with E-state index in [-0.39, 0.29) is 17.8 Å². The SMILES string of the molecule is N#Cc1cccc(CN2CCN(CC3CC3)[C@@H]3CS(=O)(=O)C[C@@H]32)c1. The summed E-state index contributed by atoms with van der Waals surface area (Å²) in [4.78, 5) is 4.74. The van der Waals surface area contributed by atoms with Crippen LogP contribution in [0.4, 0.5) is 0 Å². The molecule has 0 N–H and O–H groups in total. The van der Waals surface area contributed by atoms with Crippen LogP contribution in [0.1, 0.15) is 24.0 Å². The standard InChI is InChI=1S/C18H23N3O2S/c19-9-15-2-1-3-16(8-15)11-21-7-6-20(10-14-4-5-14)17-12-24(22,23)13-18(17)21/h1-3,8,14,17-18H,4-7,10-13H2/t17-,18+/m1/s1. The van der Waals surface area contributed by atoms with E-state index < -0.39 is 9.84 Å². The zero-order valence-electron chi connectivity index (χ0n) is 13.8. The van der Waals surface area contributed by atoms with Crippen molar-refractivity contribution in [1.82, 2.24) is 9.80 Å². The Morgan fingerprint density at radius 3 is 2.54 bits per heavy atom. The van der Waals surface area contributed by atoms with Gasteiger partial charge in [0.1, 0.15) is 0 Å². The molecule has 0 spiro atoms. The van der Waals surface area contributed by atoms with Crippen molar-refractivity contribution < 1.29 is 8.42 Å². The van der Waals surface area contributed by atoms with Crippen molar-refractivity contribution in [1.29, 1.82) is 5.26 Å². The monoisotopic (exact) mass is 345 g/mol. The zero-order chi connectivity index (χ0) is 16.7. The number of sulfone groups is 1. The van der Waals surface area contributed by atoms with Crippen molar-refractivity contribution in [2.24, 2.45) is 5.92 Å². The van der Waals surface area contributed by atoms with Gasteiger partial charge in [-0.2, -0.15) is 5.26 Å². The first kappa shape index (κ1) is 16.1. The van der Waals surface area contributed by atoms with Crippen LogP contribution in [0.15, 0.2) is 24.3 Å². The zero-order valence-corrected chi connectivity index (χ0v) is 14.6. The van der Waals surface area contributed by atoms with E-state index in [0.717, 1.165) is 37.7 Å². The summed E-state index contributed by atoms with van der Waals surface area (Å²) in [5.41, 5.74) is 1.75. The highest BCUT2D eigenvalue weighted by Gasteiger charge is 2.47. The molecule has 2 heterocycles. The lowest BCUT2D eigenvalue weighted by molar-refractivity contribution is 0.0376. The fourth-order valence-electron chi connectivity index (χ4n) is 4.13. The summed E-state index contributed by atoms with van der Waals surface area (Å²) in [6.45, 7) is 3.64. The second-order valence-corrected chi connectivity index (χ2v) is 9.59. The third-order valence-electron chi connectivity index (χ3n) is 5.54. The molecule has 0 unspecified atom stereocenters. The topological polar surface area (TPSA) is 64.4 Å². The van der Waals surface area contributed by atoms with E-state index >= 15 is 0 Å². The average molecular weight is 345 g/mol. The maximum atomic E-state index is 12.2. The summed E-state index contributed by atoms with van der Waals surface area (Å²) in [7, 11) is -2.95. The molecule has 2 aliphatic heterocycles. The molecule has 3 fully saturated rings. The number of hydrogen-bond donors (Lipinski definition) is 0. The third-order valence-corrected chi connectivity index (χ3v) is 7.24. The number of benzene rings is 1. The molecule has 3 aliphatic rings. The number of rotatable bonds is 4. The molecule has 1 aliphatic carbocycles. The maximum Gasteiger partial charge on any atom is 0.153 e. The second kappa shape index (κ2) is 6.14. The molecule has 0 radical (unpaired) electrons. The molecule has 0 bridgehead atoms. The Morgan fingerprint density at radius 2 is 1.83 bits per heavy atom. The predicted molar refractivity (Wildman–Crippen MR) is 92.1 cm³/mol. The normalized spacial score (nSPS) is 30.0. The third kappa shape index (κ3) is 3.34. The molecule has 2 atom stereocenters. The molecule has 128 valence electrons. The molecule has 5 nitrogen and oxygen atoms in total. The van der Waals surface area contributed by atoms with Gasteiger partial charge in [0.2, 0.25) is 0 Å². The average Bonchev–Trinajstić information content (AvgIpc) is 3.30. The van der Waals surface area contributed by atoms with E-state index in [9.17, 15) is 8.42 Å². The van der Waals surface area contributed by atoms with Crippen LogP contribution in [0.3, 0.4) is 0 Å². The van der Waals surface area contributed by atoms with E-state index in [0.29, 0.717) is 11.3 Å². The van der Waals surface area contributed by atoms with E-state index in [4.69, 9.17) is 5.26 Å². The number of nitrogens with zero attached hydrogens (tertiary/aromatic N) is 3. The van der Waals surface area contributed by atoms with Crippen LogP contribution in [0.5, 0.6) is 0 Å². The Hall–Kier alpha value is -1.42. The molecule has 24 heavy (non-hydrogen) atoms. The number of hydrogen-bond acceptors (Lipinski definition) is 5. The van der Waals surface area contributed by atoms with E-state index in [1.165, 1.54) is 12.8 Å². The predicted octanol–water partition coefficient (Wildman–Crippen LogP) is 1.25. The van der Waals surface area contributed by atoms with Crippen LogP contribution < -0.4 is 0 Å². The van der Waals surface area contributed by atoms with E-state index in [1.54, 1.807) is 6.07 Å². The minimum absolute atomic E-state index is 0.0910. The molecule has 0 amide bonds. The van der Waals surface area contributed by atoms with Gasteiger partial charge in [-0.3, -0.25) is 9.80 Å². The number of nitriles is 1. The number of piperazine rings is 1. The first-order valence-electron chi connectivity index (χ1n) is 8.72. The van der Waals surface area contributed by atoms with Gasteiger partial charge in [0, 0.05) is 38.3 Å². The second-order valence-electron chi connectivity index (χ2n) is 7.43. The lowest BCUT2D eigenvalue weighted by Gasteiger charge is -2.44. The summed E-state index contributed by atoms with van der Waals surface area (Å²) in [5, 5.41) is 9.06. The van der Waals surface area contributed by atoms with Gasteiger partial charge in [-0.1, -0.05) is 12.1 Å². The highest BCUT2D eigenvalue weighted by Crippen LogP contribution is 2.34. The van der Waals surface area contributed by atoms with Gasteiger partial charge in [-0.15, -0.1) is 0 Å². The van der Waals surface area contributed by atoms with Gasteiger partial charge in [-0.25, -0.2) is 8.42 Å². The summed E-state index contributed by atoms with van der Waals surface area (Å²) < 4.78 is 24.5. The van der Waals surface area contributed by atoms with Crippen LogP contribution in [0.25, 0.3) is 0 Å². The van der Waals surface area contributed by atoms with Crippen molar-refractivity contribution in [3.63, 3.8) is 0 Å². The smallest absolute Gasteiger partial charge is 0.153 e. The van der Waals surface area contributed by atoms with Gasteiger partial charge in [0.15, 0.2) is 9.84 Å². The fraction of sp³-hybridized carbons (Fsp3) is 0.611. The van der Waals surface area contributed by atoms with Gasteiger partial charge in [0.05, 0.1) is 23.1 Å². The highest BCUT2D eigenvalue weighted by molar-refractivity contribution is 7.91.